The smallest absolute Gasteiger partial charge is 0.272 e. The molecule has 0 saturated heterocycles. The number of nitrogens with two attached hydrogens (primary N) is 1. The van der Waals surface area contributed by atoms with E-state index in [1.807, 2.05) is 19.0 Å². The summed E-state index contributed by atoms with van der Waals surface area (Å²) in [7, 11) is 7.24. The fourth-order valence-corrected chi connectivity index (χ4v) is 9.88. The SMILES string of the molecule is CN(C)CCCNC(=O)c1cc(NC(=O)c2cc(NC(=O)CCCNC(=O)c3cc(C(=O)NCCNCCN4C(=O)c5cccc6cc([N+](=O)[O-])cc(c56)C4=O)cc(N4C(=O)c5cccc6cc(N)cc(c56)C4=O)c3)cn2C)cn1C. The Balaban J connectivity index is 0.818. The molecule has 9 rings (SSSR count). The normalized spacial score (nSPS) is 12.8. The molecule has 0 aliphatic carbocycles. The van der Waals surface area contributed by atoms with Gasteiger partial charge in [-0.05, 0) is 98.9 Å². The number of nitro groups is 1. The first kappa shape index (κ1) is 55.7. The quantitative estimate of drug-likeness (QED) is 0.0160. The van der Waals surface area contributed by atoms with Crippen molar-refractivity contribution in [3.8, 4) is 0 Å². The summed E-state index contributed by atoms with van der Waals surface area (Å²) >= 11 is 0. The second-order valence-corrected chi connectivity index (χ2v) is 19.8. The van der Waals surface area contributed by atoms with Crippen LogP contribution in [-0.2, 0) is 18.9 Å². The molecule has 0 fully saturated rings. The topological polar surface area (TPSA) is 315 Å². The highest BCUT2D eigenvalue weighted by molar-refractivity contribution is 6.36. The van der Waals surface area contributed by atoms with Gasteiger partial charge >= 0.3 is 0 Å². The molecule has 4 heterocycles. The summed E-state index contributed by atoms with van der Waals surface area (Å²) in [5, 5.41) is 30.3. The zero-order chi connectivity index (χ0) is 57.8. The first-order valence-corrected chi connectivity index (χ1v) is 25.9. The maximum Gasteiger partial charge on any atom is 0.272 e. The monoisotopic (exact) mass is 1100 g/mol. The molecule has 2 aliphatic heterocycles. The Morgan fingerprint density at radius 2 is 1.15 bits per heavy atom. The highest BCUT2D eigenvalue weighted by Gasteiger charge is 2.36. The molecule has 0 unspecified atom stereocenters. The van der Waals surface area contributed by atoms with E-state index in [0.717, 1.165) is 28.8 Å². The number of hydrogen-bond donors (Lipinski definition) is 7. The van der Waals surface area contributed by atoms with Crippen molar-refractivity contribution in [3.05, 3.63) is 158 Å². The summed E-state index contributed by atoms with van der Waals surface area (Å²) in [4.78, 5) is 137. The third kappa shape index (κ3) is 11.9. The molecule has 8 N–H and O–H groups in total. The van der Waals surface area contributed by atoms with Gasteiger partial charge in [-0.2, -0.15) is 0 Å². The fraction of sp³-hybridized carbons (Fsp3) is 0.246. The van der Waals surface area contributed by atoms with E-state index in [-0.39, 0.29) is 108 Å². The number of carbonyl (C=O) groups excluding carboxylic acids is 9. The number of nitrogens with zero attached hydrogens (tertiary/aromatic N) is 6. The maximum absolute atomic E-state index is 14.2. The number of aryl methyl sites for hydroxylation is 2. The van der Waals surface area contributed by atoms with E-state index >= 15 is 0 Å². The number of non-ortho nitro benzene ring substituents is 1. The largest absolute Gasteiger partial charge is 0.399 e. The van der Waals surface area contributed by atoms with Crippen molar-refractivity contribution >= 4 is 103 Å². The van der Waals surface area contributed by atoms with Crippen LogP contribution in [0.4, 0.5) is 28.4 Å². The molecule has 2 aromatic heterocycles. The lowest BCUT2D eigenvalue weighted by Crippen LogP contribution is -2.44. The summed E-state index contributed by atoms with van der Waals surface area (Å²) in [6.45, 7) is 1.45. The molecule has 416 valence electrons. The second kappa shape index (κ2) is 23.5. The molecule has 2 aliphatic rings. The van der Waals surface area contributed by atoms with Crippen molar-refractivity contribution in [2.24, 2.45) is 14.1 Å². The van der Waals surface area contributed by atoms with Gasteiger partial charge in [-0.15, -0.1) is 0 Å². The van der Waals surface area contributed by atoms with Gasteiger partial charge in [-0.3, -0.25) is 58.2 Å². The van der Waals surface area contributed by atoms with Gasteiger partial charge in [0, 0.05) is 123 Å². The number of rotatable bonds is 22. The zero-order valence-corrected chi connectivity index (χ0v) is 44.6. The van der Waals surface area contributed by atoms with E-state index in [1.165, 1.54) is 41.0 Å². The molecule has 24 heteroatoms. The highest BCUT2D eigenvalue weighted by atomic mass is 16.6. The summed E-state index contributed by atoms with van der Waals surface area (Å²) in [6, 6.07) is 22.2. The van der Waals surface area contributed by atoms with Crippen LogP contribution in [0.3, 0.4) is 0 Å². The van der Waals surface area contributed by atoms with E-state index < -0.39 is 52.2 Å². The van der Waals surface area contributed by atoms with Gasteiger partial charge in [-0.1, -0.05) is 24.3 Å². The Bertz CT molecular complexity index is 3790. The number of aromatic nitrogens is 2. The first-order chi connectivity index (χ1) is 38.8. The van der Waals surface area contributed by atoms with Crippen LogP contribution >= 0.6 is 0 Å². The lowest BCUT2D eigenvalue weighted by Gasteiger charge is -2.28. The van der Waals surface area contributed by atoms with E-state index in [1.54, 1.807) is 79.6 Å². The predicted molar refractivity (Wildman–Crippen MR) is 302 cm³/mol. The molecule has 0 saturated carbocycles. The number of nitro benzene ring substituents is 1. The van der Waals surface area contributed by atoms with E-state index in [9.17, 15) is 53.3 Å². The maximum atomic E-state index is 14.2. The van der Waals surface area contributed by atoms with Crippen LogP contribution in [0, 0.1) is 10.1 Å². The Hall–Kier alpha value is -10.1. The van der Waals surface area contributed by atoms with Crippen LogP contribution in [0.1, 0.15) is 102 Å². The number of anilines is 4. The number of imide groups is 2. The molecule has 0 atom stereocenters. The van der Waals surface area contributed by atoms with Crippen LogP contribution in [0.2, 0.25) is 0 Å². The molecule has 0 spiro atoms. The van der Waals surface area contributed by atoms with Crippen molar-refractivity contribution in [1.82, 2.24) is 40.2 Å². The number of hydrogen-bond acceptors (Lipinski definition) is 14. The Morgan fingerprint density at radius 1 is 0.593 bits per heavy atom. The number of nitrogens with one attached hydrogen (secondary N) is 6. The van der Waals surface area contributed by atoms with Crippen LogP contribution in [0.5, 0.6) is 0 Å². The number of nitrogen functional groups attached to an aromatic ring is 1. The predicted octanol–water partition coefficient (Wildman–Crippen LogP) is 4.66. The van der Waals surface area contributed by atoms with E-state index in [4.69, 9.17) is 5.73 Å². The third-order valence-electron chi connectivity index (χ3n) is 13.7. The van der Waals surface area contributed by atoms with Gasteiger partial charge < -0.3 is 51.7 Å². The van der Waals surface area contributed by atoms with Crippen LogP contribution in [-0.4, -0.2) is 137 Å². The molecular weight excluding hydrogens is 1040 g/mol. The summed E-state index contributed by atoms with van der Waals surface area (Å²) in [5.74, 6) is -5.20. The van der Waals surface area contributed by atoms with Gasteiger partial charge in [-0.25, -0.2) is 4.90 Å². The lowest BCUT2D eigenvalue weighted by molar-refractivity contribution is -0.384. The molecule has 7 aromatic rings. The van der Waals surface area contributed by atoms with E-state index in [0.29, 0.717) is 45.2 Å². The van der Waals surface area contributed by atoms with Crippen molar-refractivity contribution in [3.63, 3.8) is 0 Å². The standard InChI is InChI=1S/C57H57N13O11/c1-65(2)19-8-15-61-52(74)45-28-38(31-66(45)3)64-53(75)46-27-37(30-67(46)4)63-47(71)13-7-14-60-50(72)34-21-35(25-39(24-34)69-56(78)42-12-5-9-32-22-36(58)26-43(48(32)42)57(69)79)51(73)62-17-16-59-18-20-68-54(76)41-11-6-10-33-23-40(70(80)81)29-44(49(33)41)55(68)77/h5-6,9-12,21-31,59H,7-8,13-20,58H2,1-4H3,(H,60,72)(H,61,74)(H,62,73)(H,63,71)(H,64,75). The fourth-order valence-electron chi connectivity index (χ4n) is 9.88. The summed E-state index contributed by atoms with van der Waals surface area (Å²) < 4.78 is 3.15. The van der Waals surface area contributed by atoms with Crippen molar-refractivity contribution in [2.75, 3.05) is 81.2 Å². The van der Waals surface area contributed by atoms with Crippen LogP contribution < -0.4 is 42.5 Å². The van der Waals surface area contributed by atoms with Crippen molar-refractivity contribution in [1.29, 1.82) is 0 Å². The van der Waals surface area contributed by atoms with Crippen molar-refractivity contribution in [2.45, 2.75) is 19.3 Å². The van der Waals surface area contributed by atoms with Gasteiger partial charge in [0.15, 0.2) is 0 Å². The summed E-state index contributed by atoms with van der Waals surface area (Å²) in [6.07, 6.45) is 4.08. The van der Waals surface area contributed by atoms with Crippen molar-refractivity contribution < 1.29 is 48.1 Å². The molecule has 24 nitrogen and oxygen atoms in total. The average molecular weight is 1100 g/mol. The van der Waals surface area contributed by atoms with E-state index in [2.05, 4.69) is 31.9 Å². The van der Waals surface area contributed by atoms with Gasteiger partial charge in [0.05, 0.1) is 33.1 Å². The lowest BCUT2D eigenvalue weighted by atomic mass is 9.92. The number of amides is 9. The van der Waals surface area contributed by atoms with Gasteiger partial charge in [0.1, 0.15) is 11.4 Å². The summed E-state index contributed by atoms with van der Waals surface area (Å²) in [5.41, 5.74) is 7.87. The Morgan fingerprint density at radius 3 is 1.80 bits per heavy atom. The second-order valence-electron chi connectivity index (χ2n) is 19.8. The Labute approximate surface area is 462 Å². The number of carbonyl (C=O) groups is 9. The molecule has 0 bridgehead atoms. The zero-order valence-electron chi connectivity index (χ0n) is 44.6. The molecule has 81 heavy (non-hydrogen) atoms. The molecule has 9 amide bonds. The average Bonchev–Trinajstić information content (AvgIpc) is 4.04. The first-order valence-electron chi connectivity index (χ1n) is 25.9. The molecular formula is C57H57N13O11. The molecule has 0 radical (unpaired) electrons. The van der Waals surface area contributed by atoms with Crippen LogP contribution in [0.25, 0.3) is 21.5 Å². The Kier molecular flexibility index (Phi) is 16.1. The van der Waals surface area contributed by atoms with Crippen LogP contribution in [0.15, 0.2) is 103 Å². The minimum Gasteiger partial charge on any atom is -0.399 e. The van der Waals surface area contributed by atoms with Gasteiger partial charge in [0.2, 0.25) is 5.91 Å². The minimum absolute atomic E-state index is 0.00430. The number of benzene rings is 5. The highest BCUT2D eigenvalue weighted by Crippen LogP contribution is 2.36. The van der Waals surface area contributed by atoms with Gasteiger partial charge in [0.25, 0.3) is 52.9 Å². The third-order valence-corrected chi connectivity index (χ3v) is 13.7. The molecule has 5 aromatic carbocycles. The minimum atomic E-state index is -0.733.